The van der Waals surface area contributed by atoms with Crippen LogP contribution in [0.15, 0.2) is 77.8 Å². The predicted molar refractivity (Wildman–Crippen MR) is 124 cm³/mol. The van der Waals surface area contributed by atoms with Gasteiger partial charge in [-0.15, -0.1) is 0 Å². The van der Waals surface area contributed by atoms with Crippen molar-refractivity contribution in [3.63, 3.8) is 0 Å². The molecular weight excluding hydrogens is 451 g/mol. The number of hydrogen-bond donors (Lipinski definition) is 1. The number of carbonyl (C=O) groups is 1. The standard InChI is InChI=1S/C24H20ClFN2O3S/c1-16-20(25)6-4-7-21(16)27-24(29)14-28-13-23(19-5-2-3-8-22(19)28)32(30,31)15-17-9-11-18(26)12-10-17/h2-13H,14-15H2,1H3,(H,27,29). The van der Waals surface area contributed by atoms with Crippen LogP contribution in [0, 0.1) is 12.7 Å². The highest BCUT2D eigenvalue weighted by Gasteiger charge is 2.22. The minimum absolute atomic E-state index is 0.0709. The molecule has 0 spiro atoms. The normalized spacial score (nSPS) is 11.6. The highest BCUT2D eigenvalue weighted by Crippen LogP contribution is 2.28. The van der Waals surface area contributed by atoms with E-state index in [4.69, 9.17) is 11.6 Å². The summed E-state index contributed by atoms with van der Waals surface area (Å²) in [7, 11) is -3.73. The number of rotatable bonds is 6. The summed E-state index contributed by atoms with van der Waals surface area (Å²) in [5, 5.41) is 3.90. The van der Waals surface area contributed by atoms with E-state index in [1.165, 1.54) is 30.5 Å². The third-order valence-electron chi connectivity index (χ3n) is 5.21. The smallest absolute Gasteiger partial charge is 0.244 e. The van der Waals surface area contributed by atoms with Crippen molar-refractivity contribution in [3.05, 3.63) is 94.9 Å². The van der Waals surface area contributed by atoms with Crippen molar-refractivity contribution in [2.24, 2.45) is 0 Å². The molecule has 0 aliphatic heterocycles. The Labute approximate surface area is 190 Å². The van der Waals surface area contributed by atoms with Crippen molar-refractivity contribution >= 4 is 43.9 Å². The summed E-state index contributed by atoms with van der Waals surface area (Å²) in [6.07, 6.45) is 1.48. The first-order valence-corrected chi connectivity index (χ1v) is 11.9. The van der Waals surface area contributed by atoms with Gasteiger partial charge in [0.25, 0.3) is 0 Å². The molecule has 4 rings (SSSR count). The lowest BCUT2D eigenvalue weighted by molar-refractivity contribution is -0.116. The lowest BCUT2D eigenvalue weighted by Crippen LogP contribution is -2.19. The van der Waals surface area contributed by atoms with E-state index < -0.39 is 15.7 Å². The maximum atomic E-state index is 13.2. The van der Waals surface area contributed by atoms with Gasteiger partial charge in [0.15, 0.2) is 9.84 Å². The van der Waals surface area contributed by atoms with Crippen molar-refractivity contribution in [2.75, 3.05) is 5.32 Å². The molecule has 4 aromatic rings. The van der Waals surface area contributed by atoms with E-state index in [0.29, 0.717) is 27.2 Å². The van der Waals surface area contributed by atoms with Gasteiger partial charge >= 0.3 is 0 Å². The summed E-state index contributed by atoms with van der Waals surface area (Å²) in [6.45, 7) is 1.74. The van der Waals surface area contributed by atoms with Crippen LogP contribution in [0.25, 0.3) is 10.9 Å². The topological polar surface area (TPSA) is 68.2 Å². The van der Waals surface area contributed by atoms with Gasteiger partial charge in [0.2, 0.25) is 5.91 Å². The molecule has 0 fully saturated rings. The molecule has 8 heteroatoms. The summed E-state index contributed by atoms with van der Waals surface area (Å²) in [5.41, 5.74) is 2.46. The number of benzene rings is 3. The molecule has 0 atom stereocenters. The molecule has 1 N–H and O–H groups in total. The number of amides is 1. The Morgan fingerprint density at radius 1 is 1.03 bits per heavy atom. The summed E-state index contributed by atoms with van der Waals surface area (Å²) in [5.74, 6) is -1.00. The highest BCUT2D eigenvalue weighted by molar-refractivity contribution is 7.90. The second-order valence-corrected chi connectivity index (χ2v) is 9.85. The van der Waals surface area contributed by atoms with Crippen LogP contribution in [0.2, 0.25) is 5.02 Å². The van der Waals surface area contributed by atoms with Crippen molar-refractivity contribution < 1.29 is 17.6 Å². The van der Waals surface area contributed by atoms with Crippen LogP contribution in [0.1, 0.15) is 11.1 Å². The van der Waals surface area contributed by atoms with E-state index >= 15 is 0 Å². The Kier molecular flexibility index (Phi) is 6.04. The molecular formula is C24H20ClFN2O3S. The van der Waals surface area contributed by atoms with E-state index in [1.54, 1.807) is 47.0 Å². The number of aromatic nitrogens is 1. The van der Waals surface area contributed by atoms with Gasteiger partial charge in [-0.05, 0) is 48.4 Å². The fraction of sp³-hybridized carbons (Fsp3) is 0.125. The van der Waals surface area contributed by atoms with Crippen molar-refractivity contribution in [2.45, 2.75) is 24.1 Å². The SMILES string of the molecule is Cc1c(Cl)cccc1NC(=O)Cn1cc(S(=O)(=O)Cc2ccc(F)cc2)c2ccccc21. The Morgan fingerprint density at radius 3 is 2.50 bits per heavy atom. The zero-order valence-electron chi connectivity index (χ0n) is 17.2. The van der Waals surface area contributed by atoms with Crippen LogP contribution < -0.4 is 5.32 Å². The van der Waals surface area contributed by atoms with Crippen LogP contribution in [0.4, 0.5) is 10.1 Å². The van der Waals surface area contributed by atoms with Crippen LogP contribution in [-0.4, -0.2) is 18.9 Å². The first-order chi connectivity index (χ1) is 15.2. The summed E-state index contributed by atoms with van der Waals surface area (Å²) in [4.78, 5) is 12.8. The summed E-state index contributed by atoms with van der Waals surface area (Å²) < 4.78 is 41.1. The minimum atomic E-state index is -3.73. The number of fused-ring (bicyclic) bond motifs is 1. The Balaban J connectivity index is 1.64. The molecule has 32 heavy (non-hydrogen) atoms. The molecule has 1 heterocycles. The molecule has 0 radical (unpaired) electrons. The van der Waals surface area contributed by atoms with Gasteiger partial charge in [0.05, 0.1) is 10.6 Å². The van der Waals surface area contributed by atoms with E-state index in [2.05, 4.69) is 5.32 Å². The fourth-order valence-corrected chi connectivity index (χ4v) is 5.31. The van der Waals surface area contributed by atoms with Crippen molar-refractivity contribution in [1.29, 1.82) is 0 Å². The van der Waals surface area contributed by atoms with E-state index in [9.17, 15) is 17.6 Å². The average molecular weight is 471 g/mol. The highest BCUT2D eigenvalue weighted by atomic mass is 35.5. The third kappa shape index (κ3) is 4.54. The van der Waals surface area contributed by atoms with Crippen molar-refractivity contribution in [3.8, 4) is 0 Å². The van der Waals surface area contributed by atoms with Gasteiger partial charge in [-0.25, -0.2) is 12.8 Å². The maximum absolute atomic E-state index is 13.2. The molecule has 0 saturated carbocycles. The number of para-hydroxylation sites is 1. The van der Waals surface area contributed by atoms with Crippen LogP contribution >= 0.6 is 11.6 Å². The first kappa shape index (κ1) is 22.0. The maximum Gasteiger partial charge on any atom is 0.244 e. The predicted octanol–water partition coefficient (Wildman–Crippen LogP) is 5.35. The lowest BCUT2D eigenvalue weighted by Gasteiger charge is -2.10. The second-order valence-electron chi connectivity index (χ2n) is 7.48. The van der Waals surface area contributed by atoms with Gasteiger partial charge in [-0.3, -0.25) is 4.79 Å². The summed E-state index contributed by atoms with van der Waals surface area (Å²) in [6, 6.07) is 17.6. The Bertz CT molecular complexity index is 1410. The molecule has 1 aromatic heterocycles. The molecule has 0 saturated heterocycles. The van der Waals surface area contributed by atoms with Crippen LogP contribution in [-0.2, 0) is 26.9 Å². The number of hydrogen-bond acceptors (Lipinski definition) is 3. The van der Waals surface area contributed by atoms with Crippen LogP contribution in [0.3, 0.4) is 0 Å². The van der Waals surface area contributed by atoms with Crippen molar-refractivity contribution in [1.82, 2.24) is 4.57 Å². The Hall–Kier alpha value is -3.16. The lowest BCUT2D eigenvalue weighted by atomic mass is 10.2. The van der Waals surface area contributed by atoms with Gasteiger partial charge < -0.3 is 9.88 Å². The largest absolute Gasteiger partial charge is 0.337 e. The van der Waals surface area contributed by atoms with Crippen LogP contribution in [0.5, 0.6) is 0 Å². The minimum Gasteiger partial charge on any atom is -0.337 e. The fourth-order valence-electron chi connectivity index (χ4n) is 3.56. The van der Waals surface area contributed by atoms with E-state index in [0.717, 1.165) is 5.56 Å². The van der Waals surface area contributed by atoms with Gasteiger partial charge in [-0.1, -0.05) is 48.0 Å². The number of nitrogens with one attached hydrogen (secondary N) is 1. The van der Waals surface area contributed by atoms with Gasteiger partial charge in [0, 0.05) is 27.8 Å². The van der Waals surface area contributed by atoms with E-state index in [1.807, 2.05) is 6.92 Å². The number of anilines is 1. The first-order valence-electron chi connectivity index (χ1n) is 9.84. The Morgan fingerprint density at radius 2 is 1.75 bits per heavy atom. The van der Waals surface area contributed by atoms with Gasteiger partial charge in [0.1, 0.15) is 12.4 Å². The molecule has 0 bridgehead atoms. The number of sulfone groups is 1. The molecule has 0 aliphatic rings. The number of halogens is 2. The molecule has 5 nitrogen and oxygen atoms in total. The second kappa shape index (κ2) is 8.76. The molecule has 0 unspecified atom stereocenters. The average Bonchev–Trinajstić information content (AvgIpc) is 3.12. The molecule has 3 aromatic carbocycles. The monoisotopic (exact) mass is 470 g/mol. The zero-order chi connectivity index (χ0) is 22.9. The number of carbonyl (C=O) groups excluding carboxylic acids is 1. The molecule has 1 amide bonds. The number of nitrogens with zero attached hydrogens (tertiary/aromatic N) is 1. The van der Waals surface area contributed by atoms with Gasteiger partial charge in [-0.2, -0.15) is 0 Å². The molecule has 0 aliphatic carbocycles. The zero-order valence-corrected chi connectivity index (χ0v) is 18.8. The quantitative estimate of drug-likeness (QED) is 0.412. The van der Waals surface area contributed by atoms with E-state index in [-0.39, 0.29) is 23.1 Å². The summed E-state index contributed by atoms with van der Waals surface area (Å²) >= 11 is 6.12. The molecule has 164 valence electrons. The third-order valence-corrected chi connectivity index (χ3v) is 7.33.